The summed E-state index contributed by atoms with van der Waals surface area (Å²) in [6.45, 7) is 8.03. The van der Waals surface area contributed by atoms with E-state index in [0.29, 0.717) is 23.8 Å². The van der Waals surface area contributed by atoms with Crippen LogP contribution in [0.2, 0.25) is 0 Å². The number of hydrogen-bond acceptors (Lipinski definition) is 4. The quantitative estimate of drug-likeness (QED) is 0.858. The lowest BCUT2D eigenvalue weighted by Gasteiger charge is -2.31. The number of amides is 1. The molecule has 1 atom stereocenters. The summed E-state index contributed by atoms with van der Waals surface area (Å²) in [5, 5.41) is 3.93. The monoisotopic (exact) mass is 328 g/mol. The number of carbonyl (C=O) groups excluding carboxylic acids is 1. The molecule has 24 heavy (non-hydrogen) atoms. The number of aromatic nitrogens is 1. The molecular formula is C19H24N2O3. The molecule has 1 aliphatic rings. The number of ether oxygens (including phenoxy) is 1. The molecule has 2 aromatic rings. The summed E-state index contributed by atoms with van der Waals surface area (Å²) in [6.07, 6.45) is 2.28. The fraction of sp³-hybridized carbons (Fsp3) is 0.474. The topological polar surface area (TPSA) is 55.6 Å². The Labute approximate surface area is 142 Å². The molecule has 0 bridgehead atoms. The summed E-state index contributed by atoms with van der Waals surface area (Å²) in [7, 11) is 0. The van der Waals surface area contributed by atoms with Gasteiger partial charge in [0, 0.05) is 18.7 Å². The Kier molecular flexibility index (Phi) is 4.88. The second kappa shape index (κ2) is 7.07. The third kappa shape index (κ3) is 3.61. The average Bonchev–Trinajstić information content (AvgIpc) is 2.91. The maximum absolute atomic E-state index is 12.7. The van der Waals surface area contributed by atoms with Crippen molar-refractivity contribution in [2.24, 2.45) is 5.92 Å². The molecule has 5 nitrogen and oxygen atoms in total. The highest BCUT2D eigenvalue weighted by atomic mass is 16.5. The first-order valence-electron chi connectivity index (χ1n) is 8.48. The largest absolute Gasteiger partial charge is 0.489 e. The van der Waals surface area contributed by atoms with Gasteiger partial charge in [-0.25, -0.2) is 0 Å². The van der Waals surface area contributed by atoms with Crippen molar-refractivity contribution in [3.05, 3.63) is 46.8 Å². The maximum Gasteiger partial charge on any atom is 0.253 e. The Morgan fingerprint density at radius 3 is 2.96 bits per heavy atom. The first-order chi connectivity index (χ1) is 11.5. The zero-order chi connectivity index (χ0) is 17.1. The van der Waals surface area contributed by atoms with E-state index in [1.54, 1.807) is 0 Å². The molecule has 1 aromatic heterocycles. The van der Waals surface area contributed by atoms with Crippen LogP contribution in [0.5, 0.6) is 5.75 Å². The molecule has 0 unspecified atom stereocenters. The van der Waals surface area contributed by atoms with Crippen molar-refractivity contribution >= 4 is 5.91 Å². The molecule has 0 spiro atoms. The van der Waals surface area contributed by atoms with Gasteiger partial charge < -0.3 is 14.2 Å². The molecule has 3 rings (SSSR count). The number of piperidine rings is 1. The molecule has 0 aliphatic carbocycles. The highest BCUT2D eigenvalue weighted by Crippen LogP contribution is 2.21. The molecule has 0 radical (unpaired) electrons. The normalized spacial score (nSPS) is 17.8. The zero-order valence-corrected chi connectivity index (χ0v) is 14.5. The Balaban J connectivity index is 1.68. The molecule has 128 valence electrons. The van der Waals surface area contributed by atoms with Crippen molar-refractivity contribution in [1.82, 2.24) is 10.1 Å². The van der Waals surface area contributed by atoms with Gasteiger partial charge in [0.2, 0.25) is 0 Å². The van der Waals surface area contributed by atoms with E-state index in [9.17, 15) is 4.79 Å². The van der Waals surface area contributed by atoms with E-state index in [1.165, 1.54) is 6.42 Å². The van der Waals surface area contributed by atoms with Crippen LogP contribution in [0, 0.1) is 19.8 Å². The van der Waals surface area contributed by atoms with Crippen molar-refractivity contribution in [2.75, 3.05) is 13.1 Å². The number of likely N-dealkylation sites (tertiary alicyclic amines) is 1. The lowest BCUT2D eigenvalue weighted by molar-refractivity contribution is 0.0682. The molecule has 1 fully saturated rings. The summed E-state index contributed by atoms with van der Waals surface area (Å²) < 4.78 is 11.0. The van der Waals surface area contributed by atoms with E-state index in [2.05, 4.69) is 12.1 Å². The predicted molar refractivity (Wildman–Crippen MR) is 91.1 cm³/mol. The molecule has 1 aliphatic heterocycles. The zero-order valence-electron chi connectivity index (χ0n) is 14.5. The van der Waals surface area contributed by atoms with Crippen molar-refractivity contribution in [2.45, 2.75) is 40.2 Å². The third-order valence-electron chi connectivity index (χ3n) is 4.59. The standard InChI is InChI=1S/C19H24N2O3/c1-13-6-5-9-21(11-13)19(22)16-7-4-8-17(10-16)23-12-18-14(2)20-24-15(18)3/h4,7-8,10,13H,5-6,9,11-12H2,1-3H3/t13-/m1/s1. The van der Waals surface area contributed by atoms with Crippen LogP contribution in [0.4, 0.5) is 0 Å². The molecule has 0 saturated carbocycles. The summed E-state index contributed by atoms with van der Waals surface area (Å²) in [5.41, 5.74) is 2.47. The Hall–Kier alpha value is -2.30. The van der Waals surface area contributed by atoms with E-state index in [0.717, 1.165) is 36.5 Å². The van der Waals surface area contributed by atoms with Crippen LogP contribution in [0.1, 0.15) is 47.1 Å². The van der Waals surface area contributed by atoms with Crippen LogP contribution in [0.25, 0.3) is 0 Å². The molecule has 5 heteroatoms. The van der Waals surface area contributed by atoms with Crippen LogP contribution >= 0.6 is 0 Å². The Bertz CT molecular complexity index is 704. The number of aryl methyl sites for hydroxylation is 2. The van der Waals surface area contributed by atoms with Gasteiger partial charge in [0.15, 0.2) is 0 Å². The number of rotatable bonds is 4. The summed E-state index contributed by atoms with van der Waals surface area (Å²) >= 11 is 0. The van der Waals surface area contributed by atoms with Crippen molar-refractivity contribution < 1.29 is 14.1 Å². The Morgan fingerprint density at radius 2 is 2.25 bits per heavy atom. The molecule has 1 amide bonds. The SMILES string of the molecule is Cc1noc(C)c1COc1cccc(C(=O)N2CCC[C@@H](C)C2)c1. The third-order valence-corrected chi connectivity index (χ3v) is 4.59. The van der Waals surface area contributed by atoms with E-state index in [4.69, 9.17) is 9.26 Å². The highest BCUT2D eigenvalue weighted by molar-refractivity contribution is 5.94. The van der Waals surface area contributed by atoms with Crippen molar-refractivity contribution in [3.63, 3.8) is 0 Å². The smallest absolute Gasteiger partial charge is 0.253 e. The van der Waals surface area contributed by atoms with Gasteiger partial charge in [0.25, 0.3) is 5.91 Å². The van der Waals surface area contributed by atoms with Gasteiger partial charge in [0.05, 0.1) is 11.3 Å². The number of carbonyl (C=O) groups is 1. The summed E-state index contributed by atoms with van der Waals surface area (Å²) in [4.78, 5) is 14.6. The fourth-order valence-electron chi connectivity index (χ4n) is 3.14. The molecular weight excluding hydrogens is 304 g/mol. The van der Waals surface area contributed by atoms with Crippen LogP contribution < -0.4 is 4.74 Å². The van der Waals surface area contributed by atoms with Crippen molar-refractivity contribution in [1.29, 1.82) is 0 Å². The van der Waals surface area contributed by atoms with Gasteiger partial charge in [-0.05, 0) is 50.8 Å². The number of hydrogen-bond donors (Lipinski definition) is 0. The molecule has 1 saturated heterocycles. The minimum absolute atomic E-state index is 0.0874. The van der Waals surface area contributed by atoms with E-state index >= 15 is 0 Å². The molecule has 0 N–H and O–H groups in total. The lowest BCUT2D eigenvalue weighted by atomic mass is 9.99. The van der Waals surface area contributed by atoms with Gasteiger partial charge >= 0.3 is 0 Å². The Morgan fingerprint density at radius 1 is 1.42 bits per heavy atom. The van der Waals surface area contributed by atoms with Crippen LogP contribution in [0.3, 0.4) is 0 Å². The van der Waals surface area contributed by atoms with Gasteiger partial charge in [0.1, 0.15) is 18.1 Å². The molecule has 2 heterocycles. The van der Waals surface area contributed by atoms with E-state index < -0.39 is 0 Å². The first-order valence-corrected chi connectivity index (χ1v) is 8.48. The van der Waals surface area contributed by atoms with Crippen LogP contribution in [0.15, 0.2) is 28.8 Å². The second-order valence-corrected chi connectivity index (χ2v) is 6.62. The average molecular weight is 328 g/mol. The molecule has 1 aromatic carbocycles. The first kappa shape index (κ1) is 16.6. The fourth-order valence-corrected chi connectivity index (χ4v) is 3.14. The number of nitrogens with zero attached hydrogens (tertiary/aromatic N) is 2. The highest BCUT2D eigenvalue weighted by Gasteiger charge is 2.22. The second-order valence-electron chi connectivity index (χ2n) is 6.62. The number of benzene rings is 1. The summed E-state index contributed by atoms with van der Waals surface area (Å²) in [5.74, 6) is 2.11. The maximum atomic E-state index is 12.7. The van der Waals surface area contributed by atoms with Crippen LogP contribution in [-0.2, 0) is 6.61 Å². The van der Waals surface area contributed by atoms with Gasteiger partial charge in [-0.15, -0.1) is 0 Å². The van der Waals surface area contributed by atoms with Gasteiger partial charge in [-0.2, -0.15) is 0 Å². The van der Waals surface area contributed by atoms with Gasteiger partial charge in [-0.3, -0.25) is 4.79 Å². The van der Waals surface area contributed by atoms with E-state index in [1.807, 2.05) is 43.0 Å². The minimum atomic E-state index is 0.0874. The van der Waals surface area contributed by atoms with E-state index in [-0.39, 0.29) is 5.91 Å². The minimum Gasteiger partial charge on any atom is -0.489 e. The lowest BCUT2D eigenvalue weighted by Crippen LogP contribution is -2.39. The van der Waals surface area contributed by atoms with Crippen LogP contribution in [-0.4, -0.2) is 29.1 Å². The van der Waals surface area contributed by atoms with Crippen molar-refractivity contribution in [3.8, 4) is 5.75 Å². The summed E-state index contributed by atoms with van der Waals surface area (Å²) in [6, 6.07) is 7.40. The van der Waals surface area contributed by atoms with Gasteiger partial charge in [-0.1, -0.05) is 18.1 Å². The predicted octanol–water partition coefficient (Wildman–Crippen LogP) is 3.74.